The smallest absolute Gasteiger partial charge is 0.0617 e. The molecule has 3 nitrogen and oxygen atoms in total. The Balaban J connectivity index is 3.49. The average Bonchev–Trinajstić information content (AvgIpc) is 2.03. The molecule has 0 aliphatic carbocycles. The van der Waals surface area contributed by atoms with Crippen LogP contribution in [0.5, 0.6) is 0 Å². The quantitative estimate of drug-likeness (QED) is 0.628. The van der Waals surface area contributed by atoms with E-state index in [0.717, 1.165) is 6.42 Å². The summed E-state index contributed by atoms with van der Waals surface area (Å²) in [6, 6.07) is 0. The topological polar surface area (TPSA) is 38.7 Å². The van der Waals surface area contributed by atoms with Crippen molar-refractivity contribution in [3.05, 3.63) is 0 Å². The van der Waals surface area contributed by atoms with Gasteiger partial charge in [-0.1, -0.05) is 0 Å². The number of aliphatic hydroxyl groups is 1. The molecule has 2 unspecified atom stereocenters. The summed E-state index contributed by atoms with van der Waals surface area (Å²) in [4.78, 5) is 0. The van der Waals surface area contributed by atoms with E-state index in [1.54, 1.807) is 14.2 Å². The Hall–Kier alpha value is -0.120. The zero-order valence-electron chi connectivity index (χ0n) is 7.54. The van der Waals surface area contributed by atoms with Crippen LogP contribution in [0.3, 0.4) is 0 Å². The first-order chi connectivity index (χ1) is 5.24. The van der Waals surface area contributed by atoms with Crippen LogP contribution in [0.2, 0.25) is 0 Å². The molecule has 68 valence electrons. The number of aliphatic hydroxyl groups excluding tert-OH is 1. The van der Waals surface area contributed by atoms with Crippen molar-refractivity contribution in [3.8, 4) is 0 Å². The molecule has 0 spiro atoms. The maximum atomic E-state index is 8.63. The van der Waals surface area contributed by atoms with Crippen LogP contribution in [0.1, 0.15) is 19.8 Å². The lowest BCUT2D eigenvalue weighted by Crippen LogP contribution is -2.20. The minimum Gasteiger partial charge on any atom is -0.396 e. The molecule has 0 aromatic carbocycles. The minimum absolute atomic E-state index is 0.120. The first-order valence-corrected chi connectivity index (χ1v) is 3.91. The van der Waals surface area contributed by atoms with Crippen LogP contribution in [0.4, 0.5) is 0 Å². The zero-order chi connectivity index (χ0) is 8.69. The molecule has 0 radical (unpaired) electrons. The van der Waals surface area contributed by atoms with Crippen molar-refractivity contribution in [2.75, 3.05) is 20.8 Å². The van der Waals surface area contributed by atoms with E-state index in [2.05, 4.69) is 0 Å². The van der Waals surface area contributed by atoms with Gasteiger partial charge in [-0.05, 0) is 19.8 Å². The van der Waals surface area contributed by atoms with Gasteiger partial charge in [-0.2, -0.15) is 0 Å². The van der Waals surface area contributed by atoms with Crippen molar-refractivity contribution in [3.63, 3.8) is 0 Å². The first-order valence-electron chi connectivity index (χ1n) is 3.91. The fraction of sp³-hybridized carbons (Fsp3) is 1.00. The highest BCUT2D eigenvalue weighted by Gasteiger charge is 2.10. The van der Waals surface area contributed by atoms with Crippen LogP contribution in [-0.2, 0) is 9.47 Å². The minimum atomic E-state index is 0.120. The number of methoxy groups -OCH3 is 2. The van der Waals surface area contributed by atoms with Crippen LogP contribution in [0, 0.1) is 0 Å². The molecule has 0 aromatic rings. The average molecular weight is 162 g/mol. The first kappa shape index (κ1) is 10.9. The predicted octanol–water partition coefficient (Wildman–Crippen LogP) is 0.809. The number of ether oxygens (including phenoxy) is 2. The molecule has 0 aromatic heterocycles. The van der Waals surface area contributed by atoms with Gasteiger partial charge in [0, 0.05) is 20.8 Å². The predicted molar refractivity (Wildman–Crippen MR) is 43.6 cm³/mol. The van der Waals surface area contributed by atoms with E-state index >= 15 is 0 Å². The molecule has 0 saturated heterocycles. The fourth-order valence-corrected chi connectivity index (χ4v) is 0.942. The lowest BCUT2D eigenvalue weighted by atomic mass is 10.1. The standard InChI is InChI=1S/C8H18O3/c1-7(10-2)6-8(11-3)4-5-9/h7-9H,4-6H2,1-3H3. The Morgan fingerprint density at radius 3 is 2.27 bits per heavy atom. The van der Waals surface area contributed by atoms with Gasteiger partial charge < -0.3 is 14.6 Å². The van der Waals surface area contributed by atoms with Gasteiger partial charge in [0.05, 0.1) is 12.2 Å². The summed E-state index contributed by atoms with van der Waals surface area (Å²) < 4.78 is 10.2. The molecule has 0 heterocycles. The Kier molecular flexibility index (Phi) is 6.51. The molecule has 0 fully saturated rings. The maximum Gasteiger partial charge on any atom is 0.0617 e. The molecular weight excluding hydrogens is 144 g/mol. The van der Waals surface area contributed by atoms with E-state index in [9.17, 15) is 0 Å². The lowest BCUT2D eigenvalue weighted by molar-refractivity contribution is 0.0189. The normalized spacial score (nSPS) is 16.4. The zero-order valence-corrected chi connectivity index (χ0v) is 7.54. The lowest BCUT2D eigenvalue weighted by Gasteiger charge is -2.17. The molecule has 0 rings (SSSR count). The van der Waals surface area contributed by atoms with Crippen molar-refractivity contribution < 1.29 is 14.6 Å². The SMILES string of the molecule is COC(C)CC(CCO)OC. The van der Waals surface area contributed by atoms with Gasteiger partial charge in [0.15, 0.2) is 0 Å². The molecule has 11 heavy (non-hydrogen) atoms. The van der Waals surface area contributed by atoms with E-state index in [1.165, 1.54) is 0 Å². The van der Waals surface area contributed by atoms with Gasteiger partial charge >= 0.3 is 0 Å². The van der Waals surface area contributed by atoms with Crippen LogP contribution in [0.15, 0.2) is 0 Å². The van der Waals surface area contributed by atoms with Crippen molar-refractivity contribution in [1.29, 1.82) is 0 Å². The van der Waals surface area contributed by atoms with Crippen LogP contribution in [0.25, 0.3) is 0 Å². The fourth-order valence-electron chi connectivity index (χ4n) is 0.942. The van der Waals surface area contributed by atoms with Gasteiger partial charge in [0.2, 0.25) is 0 Å². The summed E-state index contributed by atoms with van der Waals surface area (Å²) in [6.45, 7) is 2.17. The van der Waals surface area contributed by atoms with Crippen LogP contribution in [-0.4, -0.2) is 38.1 Å². The third-order valence-corrected chi connectivity index (χ3v) is 1.78. The van der Waals surface area contributed by atoms with E-state index in [4.69, 9.17) is 14.6 Å². The Morgan fingerprint density at radius 2 is 1.91 bits per heavy atom. The summed E-state index contributed by atoms with van der Waals surface area (Å²) in [5.41, 5.74) is 0. The maximum absolute atomic E-state index is 8.63. The van der Waals surface area contributed by atoms with E-state index in [1.807, 2.05) is 6.92 Å². The molecule has 0 amide bonds. The largest absolute Gasteiger partial charge is 0.396 e. The molecule has 0 aliphatic heterocycles. The summed E-state index contributed by atoms with van der Waals surface area (Å²) in [6.07, 6.45) is 1.85. The molecule has 1 N–H and O–H groups in total. The third kappa shape index (κ3) is 5.18. The molecule has 0 aliphatic rings. The monoisotopic (exact) mass is 162 g/mol. The van der Waals surface area contributed by atoms with Crippen LogP contribution < -0.4 is 0 Å². The molecule has 0 bridgehead atoms. The number of rotatable bonds is 6. The van der Waals surface area contributed by atoms with Gasteiger partial charge in [-0.3, -0.25) is 0 Å². The second kappa shape index (κ2) is 6.58. The summed E-state index contributed by atoms with van der Waals surface area (Å²) in [5.74, 6) is 0. The molecule has 3 heteroatoms. The molecular formula is C8H18O3. The van der Waals surface area contributed by atoms with Crippen molar-refractivity contribution in [2.24, 2.45) is 0 Å². The van der Waals surface area contributed by atoms with Crippen LogP contribution >= 0.6 is 0 Å². The Labute approximate surface area is 68.3 Å². The van der Waals surface area contributed by atoms with Crippen molar-refractivity contribution in [1.82, 2.24) is 0 Å². The van der Waals surface area contributed by atoms with E-state index < -0.39 is 0 Å². The van der Waals surface area contributed by atoms with E-state index in [-0.39, 0.29) is 18.8 Å². The second-order valence-corrected chi connectivity index (χ2v) is 2.65. The van der Waals surface area contributed by atoms with Crippen molar-refractivity contribution in [2.45, 2.75) is 32.0 Å². The van der Waals surface area contributed by atoms with Gasteiger partial charge in [-0.15, -0.1) is 0 Å². The highest BCUT2D eigenvalue weighted by Crippen LogP contribution is 2.07. The van der Waals surface area contributed by atoms with Crippen molar-refractivity contribution >= 4 is 0 Å². The van der Waals surface area contributed by atoms with E-state index in [0.29, 0.717) is 6.42 Å². The van der Waals surface area contributed by atoms with Gasteiger partial charge in [0.1, 0.15) is 0 Å². The van der Waals surface area contributed by atoms with Gasteiger partial charge in [0.25, 0.3) is 0 Å². The molecule has 0 saturated carbocycles. The third-order valence-electron chi connectivity index (χ3n) is 1.78. The highest BCUT2D eigenvalue weighted by atomic mass is 16.5. The summed E-state index contributed by atoms with van der Waals surface area (Å²) in [5, 5.41) is 8.63. The Bertz CT molecular complexity index is 85.4. The van der Waals surface area contributed by atoms with Gasteiger partial charge in [-0.25, -0.2) is 0 Å². The highest BCUT2D eigenvalue weighted by molar-refractivity contribution is 4.61. The Morgan fingerprint density at radius 1 is 1.27 bits per heavy atom. The number of hydrogen-bond acceptors (Lipinski definition) is 3. The number of hydrogen-bond donors (Lipinski definition) is 1. The summed E-state index contributed by atoms with van der Waals surface area (Å²) >= 11 is 0. The molecule has 2 atom stereocenters. The second-order valence-electron chi connectivity index (χ2n) is 2.65. The summed E-state index contributed by atoms with van der Waals surface area (Å²) in [7, 11) is 3.33.